The average molecular weight is 334 g/mol. The number of aryl methyl sites for hydroxylation is 1. The standard InChI is InChI=1S/C24H18N2/c1-15-10-13-21-19(14-15)23-17-7-3-2-6-16(17)11-12-18(23)24-25-20-8-4-5-9-22(20)26(21)24/h2-6,8-14,17H,7H2,1H3. The highest BCUT2D eigenvalue weighted by atomic mass is 15.0. The lowest BCUT2D eigenvalue weighted by Crippen LogP contribution is -2.11. The molecule has 0 fully saturated rings. The third-order valence-corrected chi connectivity index (χ3v) is 5.76. The van der Waals surface area contributed by atoms with Gasteiger partial charge in [0.15, 0.2) is 0 Å². The van der Waals surface area contributed by atoms with Gasteiger partial charge in [0.05, 0.1) is 16.6 Å². The van der Waals surface area contributed by atoms with Crippen molar-refractivity contribution in [3.63, 3.8) is 0 Å². The molecule has 2 nitrogen and oxygen atoms in total. The van der Waals surface area contributed by atoms with Gasteiger partial charge in [-0.1, -0.05) is 54.1 Å². The Labute approximate surface area is 151 Å². The number of pyridine rings is 1. The lowest BCUT2D eigenvalue weighted by Gasteiger charge is -2.28. The minimum atomic E-state index is 0.425. The largest absolute Gasteiger partial charge is 0.292 e. The molecule has 2 heteroatoms. The van der Waals surface area contributed by atoms with Crippen molar-refractivity contribution in [3.8, 4) is 0 Å². The zero-order valence-corrected chi connectivity index (χ0v) is 14.6. The highest BCUT2D eigenvalue weighted by molar-refractivity contribution is 5.98. The molecule has 0 radical (unpaired) electrons. The molecule has 1 unspecified atom stereocenters. The second-order valence-electron chi connectivity index (χ2n) is 7.32. The molecule has 0 saturated carbocycles. The van der Waals surface area contributed by atoms with Crippen molar-refractivity contribution in [2.75, 3.05) is 0 Å². The molecule has 0 saturated heterocycles. The van der Waals surface area contributed by atoms with Crippen molar-refractivity contribution >= 4 is 33.7 Å². The minimum Gasteiger partial charge on any atom is -0.292 e. The number of allylic oxidation sites excluding steroid dienone is 5. The summed E-state index contributed by atoms with van der Waals surface area (Å²) in [5.41, 5.74) is 9.97. The summed E-state index contributed by atoms with van der Waals surface area (Å²) in [4.78, 5) is 5.01. The molecule has 4 aromatic rings. The summed E-state index contributed by atoms with van der Waals surface area (Å²) >= 11 is 0. The van der Waals surface area contributed by atoms with Gasteiger partial charge < -0.3 is 0 Å². The molecule has 6 rings (SSSR count). The van der Waals surface area contributed by atoms with Crippen LogP contribution < -0.4 is 0 Å². The van der Waals surface area contributed by atoms with E-state index in [1.54, 1.807) is 0 Å². The first kappa shape index (κ1) is 14.1. The molecule has 2 heterocycles. The highest BCUT2D eigenvalue weighted by Crippen LogP contribution is 2.44. The monoisotopic (exact) mass is 334 g/mol. The molecule has 2 aliphatic rings. The summed E-state index contributed by atoms with van der Waals surface area (Å²) in [5.74, 6) is 0.425. The van der Waals surface area contributed by atoms with Gasteiger partial charge in [-0.05, 0) is 48.7 Å². The number of aromatic nitrogens is 2. The van der Waals surface area contributed by atoms with Crippen LogP contribution >= 0.6 is 0 Å². The predicted octanol–water partition coefficient (Wildman–Crippen LogP) is 5.95. The second-order valence-corrected chi connectivity index (χ2v) is 7.32. The van der Waals surface area contributed by atoms with E-state index in [0.29, 0.717) is 5.92 Å². The van der Waals surface area contributed by atoms with Crippen LogP contribution in [0.4, 0.5) is 0 Å². The maximum atomic E-state index is 5.01. The van der Waals surface area contributed by atoms with E-state index in [1.165, 1.54) is 38.7 Å². The van der Waals surface area contributed by atoms with E-state index in [1.807, 2.05) is 0 Å². The highest BCUT2D eigenvalue weighted by Gasteiger charge is 2.27. The number of rotatable bonds is 0. The van der Waals surface area contributed by atoms with Crippen LogP contribution in [0.2, 0.25) is 0 Å². The summed E-state index contributed by atoms with van der Waals surface area (Å²) in [5, 5.41) is 1.35. The lowest BCUT2D eigenvalue weighted by atomic mass is 9.78. The zero-order valence-electron chi connectivity index (χ0n) is 14.6. The summed E-state index contributed by atoms with van der Waals surface area (Å²) in [7, 11) is 0. The number of nitrogens with zero attached hydrogens (tertiary/aromatic N) is 2. The third kappa shape index (κ3) is 1.74. The Morgan fingerprint density at radius 3 is 2.92 bits per heavy atom. The van der Waals surface area contributed by atoms with Crippen molar-refractivity contribution in [1.29, 1.82) is 0 Å². The summed E-state index contributed by atoms with van der Waals surface area (Å²) in [6.45, 7) is 2.18. The first-order valence-corrected chi connectivity index (χ1v) is 9.19. The number of hydrogen-bond acceptors (Lipinski definition) is 1. The molecule has 0 bridgehead atoms. The first-order valence-electron chi connectivity index (χ1n) is 9.19. The molecule has 1 atom stereocenters. The van der Waals surface area contributed by atoms with Crippen LogP contribution in [-0.2, 0) is 0 Å². The number of para-hydroxylation sites is 2. The van der Waals surface area contributed by atoms with E-state index < -0.39 is 0 Å². The molecule has 26 heavy (non-hydrogen) atoms. The molecular formula is C24H18N2. The molecule has 0 N–H and O–H groups in total. The van der Waals surface area contributed by atoms with E-state index in [0.717, 1.165) is 17.6 Å². The van der Waals surface area contributed by atoms with Crippen LogP contribution in [0.15, 0.2) is 72.3 Å². The maximum absolute atomic E-state index is 5.01. The molecular weight excluding hydrogens is 316 g/mol. The van der Waals surface area contributed by atoms with Gasteiger partial charge >= 0.3 is 0 Å². The van der Waals surface area contributed by atoms with Gasteiger partial charge in [0.25, 0.3) is 0 Å². The zero-order chi connectivity index (χ0) is 17.3. The number of hydrogen-bond donors (Lipinski definition) is 0. The first-order chi connectivity index (χ1) is 12.8. The van der Waals surface area contributed by atoms with Crippen LogP contribution in [0.3, 0.4) is 0 Å². The van der Waals surface area contributed by atoms with Crippen molar-refractivity contribution < 1.29 is 0 Å². The Hall–Kier alpha value is -3.13. The van der Waals surface area contributed by atoms with E-state index in [9.17, 15) is 0 Å². The molecule has 2 aromatic heterocycles. The van der Waals surface area contributed by atoms with Crippen LogP contribution in [0.25, 0.3) is 33.7 Å². The summed E-state index contributed by atoms with van der Waals surface area (Å²) < 4.78 is 2.33. The second kappa shape index (κ2) is 4.95. The average Bonchev–Trinajstić information content (AvgIpc) is 3.07. The van der Waals surface area contributed by atoms with Gasteiger partial charge in [-0.15, -0.1) is 0 Å². The van der Waals surface area contributed by atoms with Crippen molar-refractivity contribution in [2.45, 2.75) is 19.3 Å². The molecule has 0 aliphatic heterocycles. The summed E-state index contributed by atoms with van der Waals surface area (Å²) in [6, 6.07) is 15.2. The Morgan fingerprint density at radius 2 is 1.96 bits per heavy atom. The van der Waals surface area contributed by atoms with E-state index >= 15 is 0 Å². The smallest absolute Gasteiger partial charge is 0.146 e. The van der Waals surface area contributed by atoms with Gasteiger partial charge in [-0.3, -0.25) is 4.40 Å². The number of benzene rings is 2. The predicted molar refractivity (Wildman–Crippen MR) is 109 cm³/mol. The van der Waals surface area contributed by atoms with Gasteiger partial charge in [0.2, 0.25) is 0 Å². The third-order valence-electron chi connectivity index (χ3n) is 5.76. The van der Waals surface area contributed by atoms with Crippen LogP contribution in [-0.4, -0.2) is 9.38 Å². The quantitative estimate of drug-likeness (QED) is 0.389. The van der Waals surface area contributed by atoms with E-state index in [2.05, 4.69) is 84.2 Å². The number of imidazole rings is 1. The fourth-order valence-corrected chi connectivity index (χ4v) is 4.60. The minimum absolute atomic E-state index is 0.425. The SMILES string of the molecule is Cc1ccc2c(c1)c1c(c3nc4ccccc4n32)C=CC2=CC=CCC21. The Morgan fingerprint density at radius 1 is 1.04 bits per heavy atom. The number of fused-ring (bicyclic) bond motifs is 10. The Balaban J connectivity index is 1.88. The lowest BCUT2D eigenvalue weighted by molar-refractivity contribution is 0.817. The van der Waals surface area contributed by atoms with Gasteiger partial charge in [0, 0.05) is 16.9 Å². The topological polar surface area (TPSA) is 17.3 Å². The summed E-state index contributed by atoms with van der Waals surface area (Å²) in [6.07, 6.45) is 12.3. The molecule has 0 amide bonds. The van der Waals surface area contributed by atoms with Gasteiger partial charge in [-0.25, -0.2) is 4.98 Å². The van der Waals surface area contributed by atoms with Crippen molar-refractivity contribution in [1.82, 2.24) is 9.38 Å². The van der Waals surface area contributed by atoms with Gasteiger partial charge in [0.1, 0.15) is 5.65 Å². The van der Waals surface area contributed by atoms with Crippen LogP contribution in [0.1, 0.15) is 29.0 Å². The Bertz CT molecular complexity index is 1310. The molecule has 2 aliphatic carbocycles. The fourth-order valence-electron chi connectivity index (χ4n) is 4.60. The molecule has 2 aromatic carbocycles. The van der Waals surface area contributed by atoms with E-state index in [-0.39, 0.29) is 0 Å². The normalized spacial score (nSPS) is 18.3. The van der Waals surface area contributed by atoms with Crippen LogP contribution in [0.5, 0.6) is 0 Å². The fraction of sp³-hybridized carbons (Fsp3) is 0.125. The van der Waals surface area contributed by atoms with Gasteiger partial charge in [-0.2, -0.15) is 0 Å². The Kier molecular flexibility index (Phi) is 2.68. The molecule has 0 spiro atoms. The van der Waals surface area contributed by atoms with Crippen molar-refractivity contribution in [3.05, 3.63) is 89.0 Å². The van der Waals surface area contributed by atoms with Crippen molar-refractivity contribution in [2.24, 2.45) is 0 Å². The molecule has 124 valence electrons. The maximum Gasteiger partial charge on any atom is 0.146 e. The van der Waals surface area contributed by atoms with E-state index in [4.69, 9.17) is 4.98 Å². The van der Waals surface area contributed by atoms with Crippen LogP contribution in [0, 0.1) is 6.92 Å².